The Bertz CT molecular complexity index is 380. The van der Waals surface area contributed by atoms with Crippen molar-refractivity contribution < 1.29 is 0 Å². The molecule has 1 heteroatoms. The van der Waals surface area contributed by atoms with Crippen molar-refractivity contribution in [3.05, 3.63) is 67.6 Å². The third kappa shape index (κ3) is 2.51. The number of rotatable bonds is 3. The van der Waals surface area contributed by atoms with E-state index >= 15 is 0 Å². The molecular formula is C15H16P. The van der Waals surface area contributed by atoms with Gasteiger partial charge in [-0.05, 0) is 31.1 Å². The Morgan fingerprint density at radius 3 is 1.50 bits per heavy atom. The first kappa shape index (κ1) is 11.4. The van der Waals surface area contributed by atoms with E-state index in [-0.39, 0.29) is 7.92 Å². The molecule has 2 rings (SSSR count). The lowest BCUT2D eigenvalue weighted by Gasteiger charge is -2.22. The van der Waals surface area contributed by atoms with Crippen molar-refractivity contribution in [1.82, 2.24) is 0 Å². The molecule has 0 aliphatic rings. The highest BCUT2D eigenvalue weighted by molar-refractivity contribution is 7.73. The van der Waals surface area contributed by atoms with E-state index in [0.29, 0.717) is 5.66 Å². The van der Waals surface area contributed by atoms with E-state index in [1.807, 2.05) is 0 Å². The fraction of sp³-hybridized carbons (Fsp3) is 0.133. The van der Waals surface area contributed by atoms with E-state index in [9.17, 15) is 0 Å². The molecule has 0 heterocycles. The van der Waals surface area contributed by atoms with Gasteiger partial charge in [0.15, 0.2) is 0 Å². The van der Waals surface area contributed by atoms with Crippen LogP contribution < -0.4 is 10.6 Å². The standard InChI is InChI=1S/C15H16P/c1-13(2)16(14-9-5-3-6-10-14)15-11-7-4-8-12-15/h3-13H,1H2,2H3/t13-/m0/s1. The first-order valence-electron chi connectivity index (χ1n) is 5.51. The van der Waals surface area contributed by atoms with Crippen LogP contribution in [-0.2, 0) is 0 Å². The SMILES string of the molecule is [CH2][C@@H](C)P(c1ccccc1)c1ccccc1. The maximum atomic E-state index is 4.22. The van der Waals surface area contributed by atoms with Crippen molar-refractivity contribution in [2.45, 2.75) is 12.6 Å². The molecule has 16 heavy (non-hydrogen) atoms. The minimum Gasteiger partial charge on any atom is -0.0622 e. The summed E-state index contributed by atoms with van der Waals surface area (Å²) in [4.78, 5) is 0. The average molecular weight is 227 g/mol. The van der Waals surface area contributed by atoms with Gasteiger partial charge in [-0.2, -0.15) is 0 Å². The Morgan fingerprint density at radius 2 is 1.19 bits per heavy atom. The largest absolute Gasteiger partial charge is 0.0622 e. The van der Waals surface area contributed by atoms with Crippen molar-refractivity contribution in [1.29, 1.82) is 0 Å². The first-order valence-corrected chi connectivity index (χ1v) is 6.92. The summed E-state index contributed by atoms with van der Waals surface area (Å²) < 4.78 is 0. The van der Waals surface area contributed by atoms with Crippen LogP contribution in [0.5, 0.6) is 0 Å². The molecule has 1 radical (unpaired) electrons. The van der Waals surface area contributed by atoms with Crippen LogP contribution in [0, 0.1) is 6.92 Å². The highest BCUT2D eigenvalue weighted by Crippen LogP contribution is 2.38. The average Bonchev–Trinajstić information content (AvgIpc) is 2.31. The van der Waals surface area contributed by atoms with Gasteiger partial charge in [-0.25, -0.2) is 0 Å². The number of hydrogen-bond acceptors (Lipinski definition) is 0. The van der Waals surface area contributed by atoms with Crippen LogP contribution in [0.2, 0.25) is 0 Å². The minimum atomic E-state index is -0.321. The monoisotopic (exact) mass is 227 g/mol. The molecule has 2 aromatic rings. The van der Waals surface area contributed by atoms with E-state index in [0.717, 1.165) is 0 Å². The molecule has 0 aliphatic carbocycles. The quantitative estimate of drug-likeness (QED) is 0.705. The molecule has 0 unspecified atom stereocenters. The van der Waals surface area contributed by atoms with E-state index in [1.165, 1.54) is 10.6 Å². The van der Waals surface area contributed by atoms with Crippen molar-refractivity contribution in [2.24, 2.45) is 0 Å². The maximum Gasteiger partial charge on any atom is -0.0157 e. The summed E-state index contributed by atoms with van der Waals surface area (Å²) >= 11 is 0. The summed E-state index contributed by atoms with van der Waals surface area (Å²) in [5.74, 6) is 0. The molecule has 0 N–H and O–H groups in total. The normalized spacial score (nSPS) is 11.0. The van der Waals surface area contributed by atoms with Gasteiger partial charge in [0.05, 0.1) is 0 Å². The van der Waals surface area contributed by atoms with Crippen LogP contribution in [0.3, 0.4) is 0 Å². The topological polar surface area (TPSA) is 0 Å². The molecule has 0 saturated carbocycles. The lowest BCUT2D eigenvalue weighted by atomic mass is 10.4. The van der Waals surface area contributed by atoms with E-state index in [1.54, 1.807) is 0 Å². The van der Waals surface area contributed by atoms with Crippen LogP contribution in [-0.4, -0.2) is 5.66 Å². The second-order valence-corrected chi connectivity index (χ2v) is 6.54. The number of benzene rings is 2. The maximum absolute atomic E-state index is 4.22. The van der Waals surface area contributed by atoms with Gasteiger partial charge in [0.2, 0.25) is 0 Å². The highest BCUT2D eigenvalue weighted by atomic mass is 31.1. The second-order valence-electron chi connectivity index (χ2n) is 3.89. The summed E-state index contributed by atoms with van der Waals surface area (Å²) in [7, 11) is -0.321. The van der Waals surface area contributed by atoms with E-state index < -0.39 is 0 Å². The highest BCUT2D eigenvalue weighted by Gasteiger charge is 2.16. The van der Waals surface area contributed by atoms with Gasteiger partial charge in [-0.15, -0.1) is 0 Å². The Morgan fingerprint density at radius 1 is 0.812 bits per heavy atom. The molecule has 0 aliphatic heterocycles. The van der Waals surface area contributed by atoms with Gasteiger partial charge in [0.25, 0.3) is 0 Å². The molecular weight excluding hydrogens is 211 g/mol. The van der Waals surface area contributed by atoms with Gasteiger partial charge >= 0.3 is 0 Å². The Hall–Kier alpha value is -1.13. The lowest BCUT2D eigenvalue weighted by Crippen LogP contribution is -2.17. The van der Waals surface area contributed by atoms with E-state index in [2.05, 4.69) is 74.5 Å². The van der Waals surface area contributed by atoms with Crippen molar-refractivity contribution >= 4 is 18.5 Å². The second kappa shape index (κ2) is 5.27. The van der Waals surface area contributed by atoms with Crippen LogP contribution in [0.1, 0.15) is 6.92 Å². The Balaban J connectivity index is 2.40. The zero-order valence-corrected chi connectivity index (χ0v) is 10.4. The van der Waals surface area contributed by atoms with Gasteiger partial charge in [-0.3, -0.25) is 0 Å². The fourth-order valence-corrected chi connectivity index (χ4v) is 4.14. The third-order valence-electron chi connectivity index (χ3n) is 2.51. The third-order valence-corrected chi connectivity index (χ3v) is 5.10. The predicted octanol–water partition coefficient (Wildman–Crippen LogP) is 3.34. The summed E-state index contributed by atoms with van der Waals surface area (Å²) in [5, 5.41) is 2.82. The summed E-state index contributed by atoms with van der Waals surface area (Å²) in [6.07, 6.45) is 0. The molecule has 2 aromatic carbocycles. The summed E-state index contributed by atoms with van der Waals surface area (Å²) in [6.45, 7) is 6.42. The van der Waals surface area contributed by atoms with Crippen LogP contribution in [0.15, 0.2) is 60.7 Å². The molecule has 0 fully saturated rings. The zero-order valence-electron chi connectivity index (χ0n) is 9.51. The zero-order chi connectivity index (χ0) is 11.4. The molecule has 0 saturated heterocycles. The molecule has 0 amide bonds. The van der Waals surface area contributed by atoms with Crippen LogP contribution in [0.25, 0.3) is 0 Å². The van der Waals surface area contributed by atoms with Gasteiger partial charge < -0.3 is 0 Å². The van der Waals surface area contributed by atoms with E-state index in [4.69, 9.17) is 0 Å². The Labute approximate surface area is 99.1 Å². The van der Waals surface area contributed by atoms with Gasteiger partial charge in [-0.1, -0.05) is 67.6 Å². The van der Waals surface area contributed by atoms with Crippen LogP contribution in [0.4, 0.5) is 0 Å². The van der Waals surface area contributed by atoms with Crippen molar-refractivity contribution in [3.8, 4) is 0 Å². The van der Waals surface area contributed by atoms with Crippen molar-refractivity contribution in [2.75, 3.05) is 0 Å². The molecule has 0 nitrogen and oxygen atoms in total. The summed E-state index contributed by atoms with van der Waals surface area (Å²) in [5.41, 5.74) is 0.430. The first-order chi connectivity index (χ1) is 7.79. The molecule has 0 bridgehead atoms. The van der Waals surface area contributed by atoms with Gasteiger partial charge in [0, 0.05) is 0 Å². The molecule has 0 aromatic heterocycles. The van der Waals surface area contributed by atoms with Gasteiger partial charge in [0.1, 0.15) is 0 Å². The number of hydrogen-bond donors (Lipinski definition) is 0. The predicted molar refractivity (Wildman–Crippen MR) is 73.9 cm³/mol. The smallest absolute Gasteiger partial charge is 0.0157 e. The Kier molecular flexibility index (Phi) is 3.74. The molecule has 81 valence electrons. The lowest BCUT2D eigenvalue weighted by molar-refractivity contribution is 1.23. The minimum absolute atomic E-state index is 0.321. The summed E-state index contributed by atoms with van der Waals surface area (Å²) in [6, 6.07) is 21.4. The van der Waals surface area contributed by atoms with Crippen LogP contribution >= 0.6 is 7.92 Å². The molecule has 0 spiro atoms. The molecule has 1 atom stereocenters. The fourth-order valence-electron chi connectivity index (χ4n) is 1.84. The van der Waals surface area contributed by atoms with Crippen molar-refractivity contribution in [3.63, 3.8) is 0 Å².